The molecule has 0 bridgehead atoms. The molecule has 0 radical (unpaired) electrons. The van der Waals surface area contributed by atoms with E-state index in [9.17, 15) is 4.79 Å². The van der Waals surface area contributed by atoms with Crippen LogP contribution in [0.15, 0.2) is 0 Å². The third kappa shape index (κ3) is 3.80. The Labute approximate surface area is 92.0 Å². The van der Waals surface area contributed by atoms with E-state index in [0.717, 1.165) is 0 Å². The van der Waals surface area contributed by atoms with Crippen molar-refractivity contribution in [1.29, 1.82) is 0 Å². The zero-order valence-electron chi connectivity index (χ0n) is 10.1. The molecule has 1 aliphatic rings. The standard InChI is InChI=1S/C11H22N2O2/c1-8(11(14)13(2)3)12-10(7-15-4)9-5-6-9/h8-10,12H,5-7H2,1-4H3. The molecule has 1 fully saturated rings. The number of amides is 1. The molecule has 1 aliphatic carbocycles. The largest absolute Gasteiger partial charge is 0.383 e. The smallest absolute Gasteiger partial charge is 0.238 e. The molecule has 0 aromatic heterocycles. The quantitative estimate of drug-likeness (QED) is 0.699. The third-order valence-corrected chi connectivity index (χ3v) is 2.81. The molecule has 0 aliphatic heterocycles. The lowest BCUT2D eigenvalue weighted by Gasteiger charge is -2.24. The van der Waals surface area contributed by atoms with Gasteiger partial charge in [0.05, 0.1) is 12.6 Å². The van der Waals surface area contributed by atoms with E-state index < -0.39 is 0 Å². The molecule has 1 amide bonds. The van der Waals surface area contributed by atoms with Crippen molar-refractivity contribution in [2.75, 3.05) is 27.8 Å². The second-order valence-corrected chi connectivity index (χ2v) is 4.52. The van der Waals surface area contributed by atoms with E-state index in [2.05, 4.69) is 5.32 Å². The third-order valence-electron chi connectivity index (χ3n) is 2.81. The zero-order chi connectivity index (χ0) is 11.4. The van der Waals surface area contributed by atoms with Crippen LogP contribution in [0.5, 0.6) is 0 Å². The fraction of sp³-hybridized carbons (Fsp3) is 0.909. The molecule has 1 rings (SSSR count). The second-order valence-electron chi connectivity index (χ2n) is 4.52. The summed E-state index contributed by atoms with van der Waals surface area (Å²) >= 11 is 0. The number of carbonyl (C=O) groups excluding carboxylic acids is 1. The Kier molecular flexibility index (Phi) is 4.54. The van der Waals surface area contributed by atoms with Crippen LogP contribution in [0.1, 0.15) is 19.8 Å². The topological polar surface area (TPSA) is 41.6 Å². The summed E-state index contributed by atoms with van der Waals surface area (Å²) < 4.78 is 5.16. The van der Waals surface area contributed by atoms with Crippen molar-refractivity contribution in [2.45, 2.75) is 31.8 Å². The number of hydrogen-bond donors (Lipinski definition) is 1. The summed E-state index contributed by atoms with van der Waals surface area (Å²) in [7, 11) is 5.27. The molecular weight excluding hydrogens is 192 g/mol. The minimum absolute atomic E-state index is 0.122. The fourth-order valence-corrected chi connectivity index (χ4v) is 1.78. The van der Waals surface area contributed by atoms with Crippen molar-refractivity contribution in [3.05, 3.63) is 0 Å². The van der Waals surface area contributed by atoms with Crippen molar-refractivity contribution >= 4 is 5.91 Å². The summed E-state index contributed by atoms with van der Waals surface area (Å²) in [5.74, 6) is 0.819. The molecule has 0 heterocycles. The normalized spacial score (nSPS) is 19.7. The summed E-state index contributed by atoms with van der Waals surface area (Å²) in [5.41, 5.74) is 0. The van der Waals surface area contributed by atoms with Crippen molar-refractivity contribution < 1.29 is 9.53 Å². The highest BCUT2D eigenvalue weighted by molar-refractivity contribution is 5.80. The molecule has 2 atom stereocenters. The van der Waals surface area contributed by atoms with Crippen LogP contribution < -0.4 is 5.32 Å². The number of carbonyl (C=O) groups is 1. The van der Waals surface area contributed by atoms with E-state index in [0.29, 0.717) is 18.6 Å². The predicted octanol–water partition coefficient (Wildman–Crippen LogP) is 0.478. The number of methoxy groups -OCH3 is 1. The Bertz CT molecular complexity index is 215. The molecule has 88 valence electrons. The fourth-order valence-electron chi connectivity index (χ4n) is 1.78. The highest BCUT2D eigenvalue weighted by atomic mass is 16.5. The van der Waals surface area contributed by atoms with Gasteiger partial charge in [-0.1, -0.05) is 0 Å². The van der Waals surface area contributed by atoms with Crippen LogP contribution in [0.4, 0.5) is 0 Å². The van der Waals surface area contributed by atoms with Gasteiger partial charge in [0.15, 0.2) is 0 Å². The molecule has 1 saturated carbocycles. The predicted molar refractivity (Wildman–Crippen MR) is 59.7 cm³/mol. The van der Waals surface area contributed by atoms with Crippen LogP contribution >= 0.6 is 0 Å². The van der Waals surface area contributed by atoms with Crippen LogP contribution in [0.25, 0.3) is 0 Å². The Morgan fingerprint density at radius 2 is 2.13 bits per heavy atom. The first-order valence-electron chi connectivity index (χ1n) is 5.52. The maximum atomic E-state index is 11.6. The van der Waals surface area contributed by atoms with Crippen molar-refractivity contribution in [1.82, 2.24) is 10.2 Å². The number of nitrogens with one attached hydrogen (secondary N) is 1. The van der Waals surface area contributed by atoms with Crippen LogP contribution in [-0.2, 0) is 9.53 Å². The average Bonchev–Trinajstić information content (AvgIpc) is 2.98. The molecule has 2 unspecified atom stereocenters. The minimum atomic E-state index is -0.124. The SMILES string of the molecule is COCC(NC(C)C(=O)N(C)C)C1CC1. The van der Waals surface area contributed by atoms with Gasteiger partial charge in [-0.3, -0.25) is 4.79 Å². The van der Waals surface area contributed by atoms with E-state index in [1.807, 2.05) is 6.92 Å². The molecule has 0 aromatic rings. The lowest BCUT2D eigenvalue weighted by Crippen LogP contribution is -2.48. The van der Waals surface area contributed by atoms with Crippen LogP contribution in [0.2, 0.25) is 0 Å². The van der Waals surface area contributed by atoms with Gasteiger partial charge in [0.1, 0.15) is 0 Å². The van der Waals surface area contributed by atoms with Crippen molar-refractivity contribution in [3.8, 4) is 0 Å². The minimum Gasteiger partial charge on any atom is -0.383 e. The monoisotopic (exact) mass is 214 g/mol. The van der Waals surface area contributed by atoms with E-state index >= 15 is 0 Å². The Morgan fingerprint density at radius 3 is 2.53 bits per heavy atom. The molecular formula is C11H22N2O2. The summed E-state index contributed by atoms with van der Waals surface area (Å²) in [6.07, 6.45) is 2.51. The molecule has 0 aromatic carbocycles. The van der Waals surface area contributed by atoms with Gasteiger partial charge in [-0.25, -0.2) is 0 Å². The van der Waals surface area contributed by atoms with E-state index in [-0.39, 0.29) is 11.9 Å². The average molecular weight is 214 g/mol. The summed E-state index contributed by atoms with van der Waals surface area (Å²) in [6, 6.07) is 0.203. The number of rotatable bonds is 6. The van der Waals surface area contributed by atoms with Gasteiger partial charge >= 0.3 is 0 Å². The number of ether oxygens (including phenoxy) is 1. The van der Waals surface area contributed by atoms with Gasteiger partial charge in [0, 0.05) is 27.2 Å². The highest BCUT2D eigenvalue weighted by Crippen LogP contribution is 2.32. The lowest BCUT2D eigenvalue weighted by molar-refractivity contribution is -0.130. The maximum absolute atomic E-state index is 11.6. The van der Waals surface area contributed by atoms with Crippen LogP contribution in [0.3, 0.4) is 0 Å². The van der Waals surface area contributed by atoms with E-state index in [1.54, 1.807) is 26.1 Å². The maximum Gasteiger partial charge on any atom is 0.238 e. The van der Waals surface area contributed by atoms with E-state index in [4.69, 9.17) is 4.74 Å². The number of likely N-dealkylation sites (N-methyl/N-ethyl adjacent to an activating group) is 1. The summed E-state index contributed by atoms with van der Waals surface area (Å²) in [4.78, 5) is 13.3. The molecule has 4 nitrogen and oxygen atoms in total. The Morgan fingerprint density at radius 1 is 1.53 bits per heavy atom. The van der Waals surface area contributed by atoms with Crippen molar-refractivity contribution in [3.63, 3.8) is 0 Å². The number of hydrogen-bond acceptors (Lipinski definition) is 3. The lowest BCUT2D eigenvalue weighted by atomic mass is 10.1. The van der Waals surface area contributed by atoms with Gasteiger partial charge in [-0.15, -0.1) is 0 Å². The first-order chi connectivity index (χ1) is 7.06. The highest BCUT2D eigenvalue weighted by Gasteiger charge is 2.33. The van der Waals surface area contributed by atoms with Gasteiger partial charge in [0.25, 0.3) is 0 Å². The molecule has 4 heteroatoms. The van der Waals surface area contributed by atoms with Crippen LogP contribution in [0, 0.1) is 5.92 Å². The van der Waals surface area contributed by atoms with Gasteiger partial charge in [0.2, 0.25) is 5.91 Å². The molecule has 0 spiro atoms. The molecule has 15 heavy (non-hydrogen) atoms. The first-order valence-corrected chi connectivity index (χ1v) is 5.52. The second kappa shape index (κ2) is 5.47. The van der Waals surface area contributed by atoms with Crippen molar-refractivity contribution in [2.24, 2.45) is 5.92 Å². The molecule has 0 saturated heterocycles. The zero-order valence-corrected chi connectivity index (χ0v) is 10.1. The first kappa shape index (κ1) is 12.5. The van der Waals surface area contributed by atoms with E-state index in [1.165, 1.54) is 12.8 Å². The molecule has 1 N–H and O–H groups in total. The summed E-state index contributed by atoms with van der Waals surface area (Å²) in [6.45, 7) is 2.60. The summed E-state index contributed by atoms with van der Waals surface area (Å²) in [5, 5.41) is 3.34. The van der Waals surface area contributed by atoms with Gasteiger partial charge < -0.3 is 15.0 Å². The van der Waals surface area contributed by atoms with Gasteiger partial charge in [-0.05, 0) is 25.7 Å². The Hall–Kier alpha value is -0.610. The Balaban J connectivity index is 2.39. The van der Waals surface area contributed by atoms with Gasteiger partial charge in [-0.2, -0.15) is 0 Å². The number of nitrogens with zero attached hydrogens (tertiary/aromatic N) is 1. The van der Waals surface area contributed by atoms with Crippen LogP contribution in [-0.4, -0.2) is 50.7 Å².